The molecular weight excluding hydrogens is 406 g/mol. The van der Waals surface area contributed by atoms with Crippen LogP contribution in [0.3, 0.4) is 0 Å². The molecule has 72 valence electrons. The number of aromatic hydroxyl groups is 1. The maximum absolute atomic E-state index is 9.81. The van der Waals surface area contributed by atoms with Crippen LogP contribution >= 0.6 is 45.2 Å². The zero-order valence-corrected chi connectivity index (χ0v) is 11.3. The van der Waals surface area contributed by atoms with E-state index in [9.17, 15) is 5.11 Å². The second kappa shape index (κ2) is 3.69. The zero-order chi connectivity index (χ0) is 10.3. The maximum atomic E-state index is 9.81. The fourth-order valence-electron chi connectivity index (χ4n) is 1.27. The van der Waals surface area contributed by atoms with Crippen molar-refractivity contribution >= 4 is 61.9 Å². The minimum Gasteiger partial charge on any atom is -0.503 e. The van der Waals surface area contributed by atoms with Crippen LogP contribution in [0.15, 0.2) is 18.2 Å². The number of halogens is 2. The number of H-pyrrole nitrogens is 1. The lowest BCUT2D eigenvalue weighted by molar-refractivity contribution is -0.327. The van der Waals surface area contributed by atoms with Crippen molar-refractivity contribution in [2.45, 2.75) is 0 Å². The topological polar surface area (TPSA) is 60.4 Å². The van der Waals surface area contributed by atoms with Crippen molar-refractivity contribution in [1.82, 2.24) is 0 Å². The van der Waals surface area contributed by atoms with Gasteiger partial charge in [0.05, 0.1) is 3.57 Å². The van der Waals surface area contributed by atoms with Gasteiger partial charge in [0.25, 0.3) is 5.82 Å². The van der Waals surface area contributed by atoms with Gasteiger partial charge in [-0.25, -0.2) is 4.98 Å². The number of hydrogen-bond acceptors (Lipinski definition) is 2. The van der Waals surface area contributed by atoms with Crippen molar-refractivity contribution in [3.8, 4) is 5.75 Å². The standard InChI is InChI=1S/C9H6I2N2O/c10-5-3-6(11)9(14)8-4(5)1-2-7(12)13-8/h1-3,14H,(H2,12,13)/p+1. The van der Waals surface area contributed by atoms with Gasteiger partial charge < -0.3 is 5.11 Å². The Morgan fingerprint density at radius 1 is 1.21 bits per heavy atom. The van der Waals surface area contributed by atoms with Gasteiger partial charge in [0, 0.05) is 15.0 Å². The summed E-state index contributed by atoms with van der Waals surface area (Å²) in [6, 6.07) is 5.62. The second-order valence-electron chi connectivity index (χ2n) is 2.89. The maximum Gasteiger partial charge on any atom is 0.270 e. The van der Waals surface area contributed by atoms with Crippen LogP contribution in [0.2, 0.25) is 0 Å². The number of pyridine rings is 1. The third-order valence-electron chi connectivity index (χ3n) is 1.94. The number of aromatic nitrogens is 1. The predicted octanol–water partition coefficient (Wildman–Crippen LogP) is 2.15. The largest absolute Gasteiger partial charge is 0.503 e. The molecule has 0 radical (unpaired) electrons. The van der Waals surface area contributed by atoms with Gasteiger partial charge in [-0.15, -0.1) is 0 Å². The lowest BCUT2D eigenvalue weighted by Crippen LogP contribution is -2.11. The van der Waals surface area contributed by atoms with Crippen LogP contribution in [-0.4, -0.2) is 5.11 Å². The number of rotatable bonds is 0. The monoisotopic (exact) mass is 413 g/mol. The van der Waals surface area contributed by atoms with E-state index in [4.69, 9.17) is 5.73 Å². The summed E-state index contributed by atoms with van der Waals surface area (Å²) < 4.78 is 1.91. The molecule has 3 nitrogen and oxygen atoms in total. The van der Waals surface area contributed by atoms with E-state index < -0.39 is 0 Å². The molecule has 1 heterocycles. The van der Waals surface area contributed by atoms with Crippen molar-refractivity contribution in [3.05, 3.63) is 25.3 Å². The molecule has 0 amide bonds. The fraction of sp³-hybridized carbons (Fsp3) is 0. The Labute approximate surface area is 108 Å². The third kappa shape index (κ3) is 1.62. The number of fused-ring (bicyclic) bond motifs is 1. The number of anilines is 1. The van der Waals surface area contributed by atoms with E-state index in [-0.39, 0.29) is 5.75 Å². The minimum atomic E-state index is 0.258. The Kier molecular flexibility index (Phi) is 2.69. The summed E-state index contributed by atoms with van der Waals surface area (Å²) in [5.41, 5.74) is 6.32. The molecule has 14 heavy (non-hydrogen) atoms. The summed E-state index contributed by atoms with van der Waals surface area (Å²) in [6.07, 6.45) is 0. The van der Waals surface area contributed by atoms with E-state index in [0.717, 1.165) is 12.5 Å². The van der Waals surface area contributed by atoms with Crippen LogP contribution in [-0.2, 0) is 0 Å². The van der Waals surface area contributed by atoms with Gasteiger partial charge in [-0.05, 0) is 57.3 Å². The van der Waals surface area contributed by atoms with Gasteiger partial charge in [0.1, 0.15) is 0 Å². The molecule has 0 aliphatic heterocycles. The molecule has 0 unspecified atom stereocenters. The molecule has 0 saturated heterocycles. The Balaban J connectivity index is 2.95. The highest BCUT2D eigenvalue weighted by atomic mass is 127. The first-order valence-corrected chi connectivity index (χ1v) is 6.04. The molecule has 5 heteroatoms. The molecule has 0 atom stereocenters. The summed E-state index contributed by atoms with van der Waals surface area (Å²) in [5.74, 6) is 0.805. The minimum absolute atomic E-state index is 0.258. The SMILES string of the molecule is Nc1ccc2c(I)cc(I)c(O)c2[nH+]1. The number of nitrogen functional groups attached to an aromatic ring is 1. The van der Waals surface area contributed by atoms with Gasteiger partial charge in [-0.1, -0.05) is 0 Å². The van der Waals surface area contributed by atoms with Crippen LogP contribution in [0.4, 0.5) is 5.82 Å². The van der Waals surface area contributed by atoms with Crippen molar-refractivity contribution in [1.29, 1.82) is 0 Å². The zero-order valence-electron chi connectivity index (χ0n) is 7.01. The van der Waals surface area contributed by atoms with E-state index in [2.05, 4.69) is 50.2 Å². The van der Waals surface area contributed by atoms with Gasteiger partial charge in [0.15, 0.2) is 11.3 Å². The number of aromatic amines is 1. The number of hydrogen-bond donors (Lipinski definition) is 2. The summed E-state index contributed by atoms with van der Waals surface area (Å²) >= 11 is 4.33. The summed E-state index contributed by atoms with van der Waals surface area (Å²) in [4.78, 5) is 2.96. The van der Waals surface area contributed by atoms with Gasteiger partial charge in [-0.2, -0.15) is 0 Å². The highest BCUT2D eigenvalue weighted by Crippen LogP contribution is 2.30. The van der Waals surface area contributed by atoms with Crippen molar-refractivity contribution in [2.24, 2.45) is 0 Å². The first-order valence-electron chi connectivity index (χ1n) is 3.88. The molecule has 2 aromatic rings. The molecule has 2 rings (SSSR count). The first-order chi connectivity index (χ1) is 6.59. The van der Waals surface area contributed by atoms with E-state index >= 15 is 0 Å². The van der Waals surface area contributed by atoms with Gasteiger partial charge in [0.2, 0.25) is 0 Å². The normalized spacial score (nSPS) is 10.7. The second-order valence-corrected chi connectivity index (χ2v) is 5.22. The molecule has 0 bridgehead atoms. The van der Waals surface area contributed by atoms with Crippen LogP contribution in [0.5, 0.6) is 5.75 Å². The van der Waals surface area contributed by atoms with Crippen LogP contribution in [0, 0.1) is 7.14 Å². The average Bonchev–Trinajstić information content (AvgIpc) is 2.14. The number of phenolic OH excluding ortho intramolecular Hbond substituents is 1. The van der Waals surface area contributed by atoms with Crippen LogP contribution in [0.25, 0.3) is 10.9 Å². The molecular formula is C9H7I2N2O+. The molecule has 4 N–H and O–H groups in total. The third-order valence-corrected chi connectivity index (χ3v) is 3.66. The highest BCUT2D eigenvalue weighted by molar-refractivity contribution is 14.1. The van der Waals surface area contributed by atoms with Gasteiger partial charge in [-0.3, -0.25) is 5.73 Å². The molecule has 0 saturated carbocycles. The molecule has 1 aromatic carbocycles. The number of benzene rings is 1. The Hall–Kier alpha value is -0.310. The van der Waals surface area contributed by atoms with Crippen LogP contribution in [0.1, 0.15) is 0 Å². The van der Waals surface area contributed by atoms with E-state index in [1.807, 2.05) is 12.1 Å². The van der Waals surface area contributed by atoms with Crippen molar-refractivity contribution in [2.75, 3.05) is 5.73 Å². The van der Waals surface area contributed by atoms with Gasteiger partial charge >= 0.3 is 0 Å². The highest BCUT2D eigenvalue weighted by Gasteiger charge is 2.11. The average molecular weight is 413 g/mol. The Morgan fingerprint density at radius 2 is 1.93 bits per heavy atom. The van der Waals surface area contributed by atoms with Crippen molar-refractivity contribution < 1.29 is 10.1 Å². The van der Waals surface area contributed by atoms with Crippen LogP contribution < -0.4 is 10.7 Å². The lowest BCUT2D eigenvalue weighted by atomic mass is 10.2. The molecule has 0 aliphatic carbocycles. The molecule has 0 fully saturated rings. The fourth-order valence-corrected chi connectivity index (χ4v) is 3.21. The Morgan fingerprint density at radius 3 is 2.64 bits per heavy atom. The summed E-state index contributed by atoms with van der Waals surface area (Å²) in [6.45, 7) is 0. The molecule has 0 spiro atoms. The predicted molar refractivity (Wildman–Crippen MR) is 72.0 cm³/mol. The summed E-state index contributed by atoms with van der Waals surface area (Å²) in [5, 5.41) is 10.8. The smallest absolute Gasteiger partial charge is 0.270 e. The first kappa shape index (κ1) is 10.2. The number of phenols is 1. The van der Waals surface area contributed by atoms with E-state index in [1.54, 1.807) is 6.07 Å². The van der Waals surface area contributed by atoms with E-state index in [0.29, 0.717) is 11.3 Å². The number of nitrogens with two attached hydrogens (primary N) is 1. The molecule has 1 aromatic heterocycles. The lowest BCUT2D eigenvalue weighted by Gasteiger charge is -2.03. The van der Waals surface area contributed by atoms with Crippen molar-refractivity contribution in [3.63, 3.8) is 0 Å². The Bertz CT molecular complexity index is 514. The summed E-state index contributed by atoms with van der Waals surface area (Å²) in [7, 11) is 0. The van der Waals surface area contributed by atoms with E-state index in [1.165, 1.54) is 0 Å². The quantitative estimate of drug-likeness (QED) is 0.651. The number of nitrogens with one attached hydrogen (secondary N) is 1. The molecule has 0 aliphatic rings.